The van der Waals surface area contributed by atoms with Gasteiger partial charge >= 0.3 is 0 Å². The van der Waals surface area contributed by atoms with Crippen LogP contribution in [0.4, 0.5) is 15.9 Å². The molecule has 0 unspecified atom stereocenters. The second-order valence-corrected chi connectivity index (χ2v) is 6.51. The zero-order valence-corrected chi connectivity index (χ0v) is 16.3. The van der Waals surface area contributed by atoms with Crippen LogP contribution in [0, 0.1) is 5.82 Å². The molecule has 2 heterocycles. The number of pyridine rings is 2. The number of benzene rings is 1. The summed E-state index contributed by atoms with van der Waals surface area (Å²) in [5.41, 5.74) is 3.28. The molecule has 1 amide bonds. The fraction of sp³-hybridized carbons (Fsp3) is 0.174. The van der Waals surface area contributed by atoms with Crippen LogP contribution < -0.4 is 10.2 Å². The number of allylic oxidation sites excluding steroid dienone is 1. The van der Waals surface area contributed by atoms with E-state index in [1.54, 1.807) is 23.4 Å². The summed E-state index contributed by atoms with van der Waals surface area (Å²) in [5, 5.41) is 3.30. The number of rotatable bonds is 9. The molecule has 0 saturated heterocycles. The number of carbonyl (C=O) groups is 1. The van der Waals surface area contributed by atoms with Crippen molar-refractivity contribution in [3.05, 3.63) is 89.6 Å². The maximum Gasteiger partial charge on any atom is 0.214 e. The van der Waals surface area contributed by atoms with Gasteiger partial charge in [0, 0.05) is 18.9 Å². The van der Waals surface area contributed by atoms with E-state index >= 15 is 0 Å². The van der Waals surface area contributed by atoms with Crippen LogP contribution in [0.1, 0.15) is 23.7 Å². The third-order valence-electron chi connectivity index (χ3n) is 4.34. The van der Waals surface area contributed by atoms with Crippen molar-refractivity contribution in [2.24, 2.45) is 0 Å². The van der Waals surface area contributed by atoms with Crippen molar-refractivity contribution in [2.75, 3.05) is 16.8 Å². The first-order chi connectivity index (χ1) is 14.2. The predicted molar refractivity (Wildman–Crippen MR) is 114 cm³/mol. The minimum Gasteiger partial charge on any atom is -0.368 e. The van der Waals surface area contributed by atoms with Gasteiger partial charge < -0.3 is 10.2 Å². The Kier molecular flexibility index (Phi) is 7.05. The zero-order valence-electron chi connectivity index (χ0n) is 16.3. The Morgan fingerprint density at radius 2 is 2.00 bits per heavy atom. The lowest BCUT2D eigenvalue weighted by atomic mass is 10.1. The van der Waals surface area contributed by atoms with E-state index in [9.17, 15) is 9.18 Å². The van der Waals surface area contributed by atoms with Gasteiger partial charge in [0.05, 0.1) is 17.9 Å². The number of anilines is 2. The van der Waals surface area contributed by atoms with Crippen LogP contribution in [0.2, 0.25) is 0 Å². The summed E-state index contributed by atoms with van der Waals surface area (Å²) < 4.78 is 13.4. The van der Waals surface area contributed by atoms with Crippen LogP contribution in [0.3, 0.4) is 0 Å². The minimum atomic E-state index is -0.250. The number of aromatic nitrogens is 2. The Hall–Kier alpha value is -3.54. The van der Waals surface area contributed by atoms with Crippen molar-refractivity contribution < 1.29 is 9.18 Å². The van der Waals surface area contributed by atoms with E-state index in [0.717, 1.165) is 23.2 Å². The van der Waals surface area contributed by atoms with Crippen molar-refractivity contribution in [1.29, 1.82) is 0 Å². The largest absolute Gasteiger partial charge is 0.368 e. The summed E-state index contributed by atoms with van der Waals surface area (Å²) in [6, 6.07) is 14.0. The molecule has 1 N–H and O–H groups in total. The van der Waals surface area contributed by atoms with Crippen molar-refractivity contribution in [2.45, 2.75) is 19.9 Å². The topological polar surface area (TPSA) is 58.1 Å². The van der Waals surface area contributed by atoms with E-state index in [2.05, 4.69) is 15.3 Å². The molecule has 0 saturated carbocycles. The molecule has 148 valence electrons. The van der Waals surface area contributed by atoms with Gasteiger partial charge in [0.1, 0.15) is 5.82 Å². The highest BCUT2D eigenvalue weighted by Gasteiger charge is 2.13. The molecule has 0 radical (unpaired) electrons. The number of halogens is 1. The Morgan fingerprint density at radius 1 is 1.14 bits per heavy atom. The third kappa shape index (κ3) is 5.72. The molecule has 0 aliphatic carbocycles. The molecule has 0 spiro atoms. The standard InChI is InChI=1S/C23H23FN4O/c1-2-5-21-9-10-22(28(17-29)16-19-7-4-12-25-15-19)23(27-21)26-13-11-18-6-3-8-20(24)14-18/h2-10,12,14-15,17H,11,13,16H2,1H3,(H,26,27)/b5-2+. The molecule has 0 aliphatic rings. The van der Waals surface area contributed by atoms with Gasteiger partial charge in [-0.1, -0.05) is 24.3 Å². The molecular weight excluding hydrogens is 367 g/mol. The lowest BCUT2D eigenvalue weighted by Crippen LogP contribution is -2.23. The molecule has 6 heteroatoms. The number of amides is 1. The second-order valence-electron chi connectivity index (χ2n) is 6.51. The Balaban J connectivity index is 1.80. The smallest absolute Gasteiger partial charge is 0.214 e. The van der Waals surface area contributed by atoms with Crippen LogP contribution in [0.5, 0.6) is 0 Å². The van der Waals surface area contributed by atoms with Crippen molar-refractivity contribution in [3.8, 4) is 0 Å². The van der Waals surface area contributed by atoms with E-state index < -0.39 is 0 Å². The van der Waals surface area contributed by atoms with Crippen molar-refractivity contribution >= 4 is 24.0 Å². The van der Waals surface area contributed by atoms with E-state index in [1.807, 2.05) is 49.4 Å². The zero-order chi connectivity index (χ0) is 20.5. The Bertz CT molecular complexity index is 976. The number of nitrogens with one attached hydrogen (secondary N) is 1. The van der Waals surface area contributed by atoms with Gasteiger partial charge in [-0.15, -0.1) is 0 Å². The number of hydrogen-bond donors (Lipinski definition) is 1. The minimum absolute atomic E-state index is 0.250. The molecule has 0 fully saturated rings. The molecule has 0 bridgehead atoms. The van der Waals surface area contributed by atoms with Gasteiger partial charge in [0.2, 0.25) is 6.41 Å². The highest BCUT2D eigenvalue weighted by Crippen LogP contribution is 2.25. The van der Waals surface area contributed by atoms with Gasteiger partial charge in [-0.05, 0) is 60.9 Å². The highest BCUT2D eigenvalue weighted by molar-refractivity contribution is 5.82. The SMILES string of the molecule is C/C=C/c1ccc(N(C=O)Cc2cccnc2)c(NCCc2cccc(F)c2)n1. The van der Waals surface area contributed by atoms with Gasteiger partial charge in [-0.2, -0.15) is 0 Å². The monoisotopic (exact) mass is 390 g/mol. The first kappa shape index (κ1) is 20.2. The summed E-state index contributed by atoms with van der Waals surface area (Å²) in [6.45, 7) is 2.87. The lowest BCUT2D eigenvalue weighted by Gasteiger charge is -2.21. The lowest BCUT2D eigenvalue weighted by molar-refractivity contribution is -0.107. The molecule has 29 heavy (non-hydrogen) atoms. The van der Waals surface area contributed by atoms with Crippen molar-refractivity contribution in [1.82, 2.24) is 9.97 Å². The second kappa shape index (κ2) is 10.1. The van der Waals surface area contributed by atoms with Crippen LogP contribution in [0.25, 0.3) is 6.08 Å². The van der Waals surface area contributed by atoms with Crippen LogP contribution in [-0.2, 0) is 17.8 Å². The molecule has 3 rings (SSSR count). The summed E-state index contributed by atoms with van der Waals surface area (Å²) in [4.78, 5) is 22.1. The predicted octanol–water partition coefficient (Wildman–Crippen LogP) is 4.47. The maximum atomic E-state index is 13.4. The first-order valence-corrected chi connectivity index (χ1v) is 9.42. The Morgan fingerprint density at radius 3 is 2.72 bits per heavy atom. The number of carbonyl (C=O) groups excluding carboxylic acids is 1. The molecule has 1 aromatic carbocycles. The molecule has 2 aromatic heterocycles. The van der Waals surface area contributed by atoms with Gasteiger partial charge in [0.15, 0.2) is 5.82 Å². The van der Waals surface area contributed by atoms with E-state index in [4.69, 9.17) is 0 Å². The maximum absolute atomic E-state index is 13.4. The highest BCUT2D eigenvalue weighted by atomic mass is 19.1. The quantitative estimate of drug-likeness (QED) is 0.548. The third-order valence-corrected chi connectivity index (χ3v) is 4.34. The van der Waals surface area contributed by atoms with Crippen LogP contribution in [0.15, 0.2) is 67.0 Å². The van der Waals surface area contributed by atoms with E-state index in [-0.39, 0.29) is 5.82 Å². The normalized spacial score (nSPS) is 10.8. The number of hydrogen-bond acceptors (Lipinski definition) is 4. The Labute approximate surface area is 169 Å². The summed E-state index contributed by atoms with van der Waals surface area (Å²) >= 11 is 0. The number of nitrogens with zero attached hydrogens (tertiary/aromatic N) is 3. The van der Waals surface area contributed by atoms with E-state index in [0.29, 0.717) is 31.0 Å². The fourth-order valence-electron chi connectivity index (χ4n) is 2.98. The average molecular weight is 390 g/mol. The molecule has 0 atom stereocenters. The summed E-state index contributed by atoms with van der Waals surface area (Å²) in [5.74, 6) is 0.355. The van der Waals surface area contributed by atoms with E-state index in [1.165, 1.54) is 12.1 Å². The van der Waals surface area contributed by atoms with Gasteiger partial charge in [0.25, 0.3) is 0 Å². The summed E-state index contributed by atoms with van der Waals surface area (Å²) in [6.07, 6.45) is 8.66. The van der Waals surface area contributed by atoms with Crippen molar-refractivity contribution in [3.63, 3.8) is 0 Å². The molecule has 0 aliphatic heterocycles. The average Bonchev–Trinajstić information content (AvgIpc) is 2.74. The first-order valence-electron chi connectivity index (χ1n) is 9.42. The van der Waals surface area contributed by atoms with Gasteiger partial charge in [-0.25, -0.2) is 9.37 Å². The van der Waals surface area contributed by atoms with Crippen LogP contribution in [-0.4, -0.2) is 22.9 Å². The van der Waals surface area contributed by atoms with Gasteiger partial charge in [-0.3, -0.25) is 9.78 Å². The van der Waals surface area contributed by atoms with Crippen LogP contribution >= 0.6 is 0 Å². The molecule has 5 nitrogen and oxygen atoms in total. The fourth-order valence-corrected chi connectivity index (χ4v) is 2.98. The molecule has 3 aromatic rings. The molecular formula is C23H23FN4O. The summed E-state index contributed by atoms with van der Waals surface area (Å²) in [7, 11) is 0.